The number of hydrogen-bond acceptors (Lipinski definition) is 4. The van der Waals surface area contributed by atoms with E-state index in [9.17, 15) is 9.59 Å². The Kier molecular flexibility index (Phi) is 10.2. The van der Waals surface area contributed by atoms with E-state index in [0.29, 0.717) is 48.4 Å². The Bertz CT molecular complexity index is 1520. The average molecular weight is 568 g/mol. The summed E-state index contributed by atoms with van der Waals surface area (Å²) < 4.78 is 7.34. The van der Waals surface area contributed by atoms with E-state index in [1.54, 1.807) is 4.57 Å². The minimum Gasteiger partial charge on any atom is -0.494 e. The SMILES string of the molecule is CCOc1ccc(-n2c(C(CC)N(CCc3ccccc3)C(=O)CC(C)CC(C)(C)C)nc3ccccc3c2=O)cc1. The molecule has 0 aliphatic heterocycles. The third-order valence-corrected chi connectivity index (χ3v) is 7.56. The smallest absolute Gasteiger partial charge is 0.266 e. The molecular formula is C36H45N3O3. The Morgan fingerprint density at radius 2 is 1.62 bits per heavy atom. The van der Waals surface area contributed by atoms with Crippen LogP contribution < -0.4 is 10.3 Å². The summed E-state index contributed by atoms with van der Waals surface area (Å²) in [4.78, 5) is 35.3. The number of nitrogens with zero attached hydrogens (tertiary/aromatic N) is 3. The number of amides is 1. The molecule has 2 unspecified atom stereocenters. The van der Waals surface area contributed by atoms with Crippen LogP contribution in [-0.2, 0) is 11.2 Å². The minimum absolute atomic E-state index is 0.0928. The van der Waals surface area contributed by atoms with E-state index < -0.39 is 0 Å². The number of fused-ring (bicyclic) bond motifs is 1. The van der Waals surface area contributed by atoms with Gasteiger partial charge >= 0.3 is 0 Å². The molecule has 0 saturated heterocycles. The van der Waals surface area contributed by atoms with E-state index in [-0.39, 0.29) is 28.8 Å². The van der Waals surface area contributed by atoms with E-state index in [0.717, 1.165) is 18.6 Å². The highest BCUT2D eigenvalue weighted by atomic mass is 16.5. The summed E-state index contributed by atoms with van der Waals surface area (Å²) in [6.07, 6.45) is 2.74. The first kappa shape index (κ1) is 31.0. The van der Waals surface area contributed by atoms with E-state index in [2.05, 4.69) is 46.8 Å². The number of carbonyl (C=O) groups is 1. The standard InChI is InChI=1S/C36H45N3O3/c1-7-32(38(23-22-27-14-10-9-11-15-27)33(40)24-26(3)25-36(4,5)6)34-37-31-17-13-12-16-30(31)35(41)39(34)28-18-20-29(21-19-28)42-8-2/h9-21,26,32H,7-8,22-25H2,1-6H3. The lowest BCUT2D eigenvalue weighted by molar-refractivity contribution is -0.135. The molecule has 6 nitrogen and oxygen atoms in total. The van der Waals surface area contributed by atoms with Crippen molar-refractivity contribution >= 4 is 16.8 Å². The molecule has 1 aromatic heterocycles. The van der Waals surface area contributed by atoms with Crippen molar-refractivity contribution in [1.82, 2.24) is 14.5 Å². The molecule has 0 N–H and O–H groups in total. The topological polar surface area (TPSA) is 64.4 Å². The van der Waals surface area contributed by atoms with Gasteiger partial charge in [0, 0.05) is 13.0 Å². The summed E-state index contributed by atoms with van der Waals surface area (Å²) in [5.74, 6) is 1.64. The first-order valence-corrected chi connectivity index (χ1v) is 15.2. The van der Waals surface area contributed by atoms with Gasteiger partial charge in [0.05, 0.1) is 29.2 Å². The maximum Gasteiger partial charge on any atom is 0.266 e. The van der Waals surface area contributed by atoms with Crippen molar-refractivity contribution < 1.29 is 9.53 Å². The molecule has 0 aliphatic rings. The van der Waals surface area contributed by atoms with Gasteiger partial charge in [-0.05, 0) is 79.5 Å². The van der Waals surface area contributed by atoms with Gasteiger partial charge in [-0.1, -0.05) is 77.1 Å². The van der Waals surface area contributed by atoms with Crippen LogP contribution in [0.4, 0.5) is 0 Å². The first-order valence-electron chi connectivity index (χ1n) is 15.2. The van der Waals surface area contributed by atoms with Crippen LogP contribution in [-0.4, -0.2) is 33.5 Å². The molecule has 2 atom stereocenters. The van der Waals surface area contributed by atoms with Crippen LogP contribution in [0, 0.1) is 11.3 Å². The summed E-state index contributed by atoms with van der Waals surface area (Å²) in [7, 11) is 0. The highest BCUT2D eigenvalue weighted by molar-refractivity contribution is 5.79. The maximum absolute atomic E-state index is 14.1. The number of hydrogen-bond donors (Lipinski definition) is 0. The van der Waals surface area contributed by atoms with Crippen molar-refractivity contribution in [3.8, 4) is 11.4 Å². The Balaban J connectivity index is 1.82. The number of ether oxygens (including phenoxy) is 1. The van der Waals surface area contributed by atoms with Crippen molar-refractivity contribution in [2.45, 2.75) is 73.3 Å². The van der Waals surface area contributed by atoms with Gasteiger partial charge < -0.3 is 9.64 Å². The van der Waals surface area contributed by atoms with Gasteiger partial charge in [0.25, 0.3) is 5.56 Å². The van der Waals surface area contributed by atoms with Crippen LogP contribution in [0.2, 0.25) is 0 Å². The molecule has 0 radical (unpaired) electrons. The molecule has 42 heavy (non-hydrogen) atoms. The largest absolute Gasteiger partial charge is 0.494 e. The van der Waals surface area contributed by atoms with Crippen LogP contribution in [0.3, 0.4) is 0 Å². The van der Waals surface area contributed by atoms with Crippen molar-refractivity contribution in [2.24, 2.45) is 11.3 Å². The van der Waals surface area contributed by atoms with E-state index >= 15 is 0 Å². The third-order valence-electron chi connectivity index (χ3n) is 7.56. The molecule has 0 saturated carbocycles. The highest BCUT2D eigenvalue weighted by Gasteiger charge is 2.30. The monoisotopic (exact) mass is 567 g/mol. The van der Waals surface area contributed by atoms with Crippen LogP contribution in [0.25, 0.3) is 16.6 Å². The van der Waals surface area contributed by atoms with Crippen LogP contribution in [0.1, 0.15) is 78.2 Å². The summed E-state index contributed by atoms with van der Waals surface area (Å²) >= 11 is 0. The summed E-state index contributed by atoms with van der Waals surface area (Å²) in [5, 5.41) is 0.547. The second-order valence-electron chi connectivity index (χ2n) is 12.4. The second-order valence-corrected chi connectivity index (χ2v) is 12.4. The quantitative estimate of drug-likeness (QED) is 0.175. The number of aromatic nitrogens is 2. The second kappa shape index (κ2) is 13.8. The molecule has 222 valence electrons. The lowest BCUT2D eigenvalue weighted by atomic mass is 9.84. The number of rotatable bonds is 12. The first-order chi connectivity index (χ1) is 20.1. The van der Waals surface area contributed by atoms with Gasteiger partial charge in [0.2, 0.25) is 5.91 Å². The summed E-state index contributed by atoms with van der Waals surface area (Å²) in [5.41, 5.74) is 2.49. The molecule has 4 rings (SSSR count). The Morgan fingerprint density at radius 3 is 2.26 bits per heavy atom. The molecule has 4 aromatic rings. The number of carbonyl (C=O) groups excluding carboxylic acids is 1. The van der Waals surface area contributed by atoms with Gasteiger partial charge in [0.1, 0.15) is 11.6 Å². The zero-order valence-electron chi connectivity index (χ0n) is 26.0. The Labute approximate surface area is 250 Å². The van der Waals surface area contributed by atoms with Crippen molar-refractivity contribution in [2.75, 3.05) is 13.2 Å². The van der Waals surface area contributed by atoms with Crippen molar-refractivity contribution in [1.29, 1.82) is 0 Å². The molecule has 1 amide bonds. The highest BCUT2D eigenvalue weighted by Crippen LogP contribution is 2.31. The minimum atomic E-state index is -0.382. The molecule has 0 aliphatic carbocycles. The van der Waals surface area contributed by atoms with Crippen LogP contribution in [0.15, 0.2) is 83.7 Å². The predicted octanol–water partition coefficient (Wildman–Crippen LogP) is 7.77. The van der Waals surface area contributed by atoms with Crippen molar-refractivity contribution in [3.05, 3.63) is 101 Å². The molecule has 0 spiro atoms. The fraction of sp³-hybridized carbons (Fsp3) is 0.417. The van der Waals surface area contributed by atoms with Gasteiger partial charge in [-0.15, -0.1) is 0 Å². The van der Waals surface area contributed by atoms with Crippen LogP contribution >= 0.6 is 0 Å². The number of benzene rings is 3. The van der Waals surface area contributed by atoms with E-state index in [4.69, 9.17) is 9.72 Å². The Hall–Kier alpha value is -3.93. The van der Waals surface area contributed by atoms with Gasteiger partial charge in [-0.2, -0.15) is 0 Å². The average Bonchev–Trinajstić information content (AvgIpc) is 2.95. The maximum atomic E-state index is 14.1. The molecule has 6 heteroatoms. The van der Waals surface area contributed by atoms with Gasteiger partial charge in [-0.25, -0.2) is 4.98 Å². The van der Waals surface area contributed by atoms with Crippen molar-refractivity contribution in [3.63, 3.8) is 0 Å². The fourth-order valence-corrected chi connectivity index (χ4v) is 5.90. The summed E-state index contributed by atoms with van der Waals surface area (Å²) in [6.45, 7) is 13.9. The predicted molar refractivity (Wildman–Crippen MR) is 171 cm³/mol. The molecule has 0 bridgehead atoms. The van der Waals surface area contributed by atoms with E-state index in [1.807, 2.05) is 78.6 Å². The fourth-order valence-electron chi connectivity index (χ4n) is 5.90. The Morgan fingerprint density at radius 1 is 0.952 bits per heavy atom. The lowest BCUT2D eigenvalue weighted by Crippen LogP contribution is -2.40. The van der Waals surface area contributed by atoms with Gasteiger partial charge in [-0.3, -0.25) is 14.2 Å². The molecule has 3 aromatic carbocycles. The zero-order valence-corrected chi connectivity index (χ0v) is 26.0. The zero-order chi connectivity index (χ0) is 30.3. The van der Waals surface area contributed by atoms with E-state index in [1.165, 1.54) is 5.56 Å². The molecule has 0 fully saturated rings. The molecular weight excluding hydrogens is 522 g/mol. The molecule has 1 heterocycles. The summed E-state index contributed by atoms with van der Waals surface area (Å²) in [6, 6.07) is 24.8. The lowest BCUT2D eigenvalue weighted by Gasteiger charge is -2.34. The van der Waals surface area contributed by atoms with Crippen LogP contribution in [0.5, 0.6) is 5.75 Å². The number of para-hydroxylation sites is 1. The van der Waals surface area contributed by atoms with Gasteiger partial charge in [0.15, 0.2) is 0 Å². The third kappa shape index (κ3) is 7.67. The normalized spacial score (nSPS) is 13.1.